The van der Waals surface area contributed by atoms with Crippen molar-refractivity contribution in [2.45, 2.75) is 26.8 Å². The molecule has 1 heterocycles. The Hall–Kier alpha value is -4.19. The third kappa shape index (κ3) is 7.15. The summed E-state index contributed by atoms with van der Waals surface area (Å²) in [5, 5.41) is 8.79. The first-order valence-electron chi connectivity index (χ1n) is 11.0. The van der Waals surface area contributed by atoms with Gasteiger partial charge in [-0.05, 0) is 37.1 Å². The minimum Gasteiger partial charge on any atom is -0.382 e. The molecular weight excluding hydrogens is 484 g/mol. The van der Waals surface area contributed by atoms with Crippen LogP contribution in [0.4, 0.5) is 23.1 Å². The Kier molecular flexibility index (Phi) is 8.10. The molecule has 0 saturated carbocycles. The first-order valence-corrected chi connectivity index (χ1v) is 12.8. The first-order chi connectivity index (χ1) is 16.9. The van der Waals surface area contributed by atoms with Crippen LogP contribution in [0.3, 0.4) is 0 Å². The van der Waals surface area contributed by atoms with E-state index in [9.17, 15) is 18.0 Å². The largest absolute Gasteiger partial charge is 0.382 e. The average molecular weight is 513 g/mol. The highest BCUT2D eigenvalue weighted by atomic mass is 32.2. The van der Waals surface area contributed by atoms with Crippen molar-refractivity contribution >= 4 is 45.1 Å². The molecule has 0 fully saturated rings. The Morgan fingerprint density at radius 1 is 1.00 bits per heavy atom. The Labute approximate surface area is 209 Å². The molecule has 12 heteroatoms. The van der Waals surface area contributed by atoms with Crippen LogP contribution in [0.1, 0.15) is 41.5 Å². The van der Waals surface area contributed by atoms with Crippen LogP contribution in [0.5, 0.6) is 5.75 Å². The Bertz CT molecular complexity index is 1360. The van der Waals surface area contributed by atoms with E-state index in [0.29, 0.717) is 11.4 Å². The van der Waals surface area contributed by atoms with Gasteiger partial charge in [0.15, 0.2) is 5.75 Å². The lowest BCUT2D eigenvalue weighted by molar-refractivity contribution is 0.0997. The number of primary amides is 1. The van der Waals surface area contributed by atoms with Gasteiger partial charge >= 0.3 is 10.1 Å². The minimum atomic E-state index is -3.94. The molecule has 0 saturated heterocycles. The molecule has 5 N–H and O–H groups in total. The van der Waals surface area contributed by atoms with Crippen molar-refractivity contribution < 1.29 is 22.2 Å². The number of hydrogen-bond donors (Lipinski definition) is 4. The lowest BCUT2D eigenvalue weighted by Gasteiger charge is -2.20. The smallest absolute Gasteiger partial charge is 0.306 e. The van der Waals surface area contributed by atoms with Gasteiger partial charge in [-0.25, -0.2) is 4.98 Å². The van der Waals surface area contributed by atoms with Gasteiger partial charge in [-0.3, -0.25) is 9.59 Å². The number of anilines is 4. The normalized spacial score (nSPS) is 12.0. The quantitative estimate of drug-likeness (QED) is 0.298. The van der Waals surface area contributed by atoms with Crippen molar-refractivity contribution in [1.29, 1.82) is 0 Å². The molecule has 2 amide bonds. The number of nitrogens with one attached hydrogen (secondary N) is 3. The summed E-state index contributed by atoms with van der Waals surface area (Å²) in [5.41, 5.74) is 6.47. The molecule has 0 aliphatic rings. The Morgan fingerprint density at radius 3 is 2.31 bits per heavy atom. The molecule has 3 aromatic rings. The van der Waals surface area contributed by atoms with Crippen LogP contribution in [0.15, 0.2) is 54.7 Å². The number of carbonyl (C=O) groups excluding carboxylic acids is 2. The number of aromatic nitrogens is 2. The monoisotopic (exact) mass is 512 g/mol. The molecule has 0 bridgehead atoms. The zero-order valence-electron chi connectivity index (χ0n) is 20.3. The lowest BCUT2D eigenvalue weighted by Crippen LogP contribution is -2.25. The van der Waals surface area contributed by atoms with Gasteiger partial charge in [0.1, 0.15) is 5.82 Å². The van der Waals surface area contributed by atoms with Crippen molar-refractivity contribution in [3.8, 4) is 5.75 Å². The van der Waals surface area contributed by atoms with Crippen LogP contribution in [-0.4, -0.2) is 42.5 Å². The van der Waals surface area contributed by atoms with Gasteiger partial charge < -0.3 is 25.9 Å². The topological polar surface area (TPSA) is 165 Å². The van der Waals surface area contributed by atoms with Crippen LogP contribution < -0.4 is 25.9 Å². The Morgan fingerprint density at radius 2 is 1.69 bits per heavy atom. The second-order valence-electron chi connectivity index (χ2n) is 8.44. The third-order valence-corrected chi connectivity index (χ3v) is 5.66. The summed E-state index contributed by atoms with van der Waals surface area (Å²) < 4.78 is 28.8. The van der Waals surface area contributed by atoms with Gasteiger partial charge in [0, 0.05) is 29.7 Å². The predicted octanol–water partition coefficient (Wildman–Crippen LogP) is 3.37. The van der Waals surface area contributed by atoms with E-state index < -0.39 is 21.9 Å². The zero-order valence-corrected chi connectivity index (χ0v) is 21.1. The van der Waals surface area contributed by atoms with Crippen LogP contribution in [-0.2, 0) is 10.1 Å². The van der Waals surface area contributed by atoms with Crippen LogP contribution in [0, 0.1) is 5.92 Å². The van der Waals surface area contributed by atoms with Gasteiger partial charge in [0.2, 0.25) is 5.95 Å². The third-order valence-electron chi connectivity index (χ3n) is 5.17. The average Bonchev–Trinajstić information content (AvgIpc) is 2.78. The fraction of sp³-hybridized carbons (Fsp3) is 0.250. The second-order valence-corrected chi connectivity index (χ2v) is 10.0. The number of carbonyl (C=O) groups is 2. The standard InChI is InChI=1S/C24H28N6O5S/c1-14(2)15(3)27-22-19(21(25)31)13-26-24(30-22)29-17-10-11-18(20(12-17)35-36(4,33)34)23(32)28-16-8-6-5-7-9-16/h5-15H,1-4H3,(H2,25,31)(H,28,32)(H2,26,27,29,30). The highest BCUT2D eigenvalue weighted by molar-refractivity contribution is 7.86. The second kappa shape index (κ2) is 11.0. The maximum atomic E-state index is 12.8. The summed E-state index contributed by atoms with van der Waals surface area (Å²) in [6.07, 6.45) is 2.17. The van der Waals surface area contributed by atoms with Crippen molar-refractivity contribution in [3.05, 3.63) is 65.9 Å². The van der Waals surface area contributed by atoms with Gasteiger partial charge in [0.25, 0.3) is 11.8 Å². The van der Waals surface area contributed by atoms with E-state index in [1.165, 1.54) is 18.3 Å². The number of nitrogens with two attached hydrogens (primary N) is 1. The Balaban J connectivity index is 1.93. The molecule has 36 heavy (non-hydrogen) atoms. The zero-order chi connectivity index (χ0) is 26.5. The number of benzene rings is 2. The number of amides is 2. The van der Waals surface area contributed by atoms with Crippen LogP contribution in [0.25, 0.3) is 0 Å². The van der Waals surface area contributed by atoms with Crippen LogP contribution >= 0.6 is 0 Å². The molecule has 2 aromatic carbocycles. The van der Waals surface area contributed by atoms with Crippen molar-refractivity contribution in [2.75, 3.05) is 22.2 Å². The minimum absolute atomic E-state index is 0.00735. The molecule has 11 nitrogen and oxygen atoms in total. The fourth-order valence-corrected chi connectivity index (χ4v) is 3.45. The van der Waals surface area contributed by atoms with E-state index in [2.05, 4.69) is 25.9 Å². The first kappa shape index (κ1) is 26.4. The van der Waals surface area contributed by atoms with Crippen molar-refractivity contribution in [2.24, 2.45) is 11.7 Å². The summed E-state index contributed by atoms with van der Waals surface area (Å²) in [6, 6.07) is 13.0. The van der Waals surface area contributed by atoms with Crippen LogP contribution in [0.2, 0.25) is 0 Å². The molecule has 0 radical (unpaired) electrons. The fourth-order valence-electron chi connectivity index (χ4n) is 2.98. The molecule has 0 aliphatic heterocycles. The number of nitrogens with zero attached hydrogens (tertiary/aromatic N) is 2. The van der Waals surface area contributed by atoms with E-state index in [4.69, 9.17) is 9.92 Å². The maximum absolute atomic E-state index is 12.8. The number of hydrogen-bond acceptors (Lipinski definition) is 9. The van der Waals surface area contributed by atoms with Crippen molar-refractivity contribution in [3.63, 3.8) is 0 Å². The molecule has 1 unspecified atom stereocenters. The van der Waals surface area contributed by atoms with E-state index in [0.717, 1.165) is 6.26 Å². The van der Waals surface area contributed by atoms with Gasteiger partial charge in [0.05, 0.1) is 17.4 Å². The molecular formula is C24H28N6O5S. The van der Waals surface area contributed by atoms with E-state index in [1.54, 1.807) is 36.4 Å². The summed E-state index contributed by atoms with van der Waals surface area (Å²) in [5.74, 6) is -0.794. The lowest BCUT2D eigenvalue weighted by atomic mass is 10.1. The SMILES string of the molecule is CC(C)C(C)Nc1nc(Nc2ccc(C(=O)Nc3ccccc3)c(OS(C)(=O)=O)c2)ncc1C(N)=O. The summed E-state index contributed by atoms with van der Waals surface area (Å²) in [6.45, 7) is 5.97. The van der Waals surface area contributed by atoms with Gasteiger partial charge in [-0.1, -0.05) is 32.0 Å². The number of para-hydroxylation sites is 1. The molecule has 0 aliphatic carbocycles. The van der Waals surface area contributed by atoms with E-state index in [1.807, 2.05) is 20.8 Å². The molecule has 3 rings (SSSR count). The highest BCUT2D eigenvalue weighted by Crippen LogP contribution is 2.28. The molecule has 1 aromatic heterocycles. The predicted molar refractivity (Wildman–Crippen MR) is 138 cm³/mol. The molecule has 190 valence electrons. The highest BCUT2D eigenvalue weighted by Gasteiger charge is 2.19. The van der Waals surface area contributed by atoms with Gasteiger partial charge in [-0.15, -0.1) is 0 Å². The number of rotatable bonds is 10. The molecule has 0 spiro atoms. The molecule has 1 atom stereocenters. The summed E-state index contributed by atoms with van der Waals surface area (Å²) in [7, 11) is -3.94. The maximum Gasteiger partial charge on any atom is 0.306 e. The summed E-state index contributed by atoms with van der Waals surface area (Å²) in [4.78, 5) is 33.1. The van der Waals surface area contributed by atoms with Crippen molar-refractivity contribution in [1.82, 2.24) is 9.97 Å². The summed E-state index contributed by atoms with van der Waals surface area (Å²) >= 11 is 0. The van der Waals surface area contributed by atoms with E-state index >= 15 is 0 Å². The van der Waals surface area contributed by atoms with E-state index in [-0.39, 0.29) is 40.6 Å². The van der Waals surface area contributed by atoms with Gasteiger partial charge in [-0.2, -0.15) is 13.4 Å².